The summed E-state index contributed by atoms with van der Waals surface area (Å²) in [6.07, 6.45) is 0.629. The molecule has 0 rings (SSSR count). The van der Waals surface area contributed by atoms with Gasteiger partial charge in [-0.1, -0.05) is 27.7 Å². The van der Waals surface area contributed by atoms with Gasteiger partial charge >= 0.3 is 5.97 Å². The van der Waals surface area contributed by atoms with E-state index in [2.05, 4.69) is 0 Å². The monoisotopic (exact) mass is 201 g/mol. The Morgan fingerprint density at radius 3 is 2.07 bits per heavy atom. The van der Waals surface area contributed by atoms with E-state index in [1.165, 1.54) is 0 Å². The number of hydrogen-bond donors (Lipinski definition) is 1. The zero-order valence-corrected chi connectivity index (χ0v) is 9.91. The molecule has 3 nitrogen and oxygen atoms in total. The number of carbonyl (C=O) groups excluding carboxylic acids is 1. The summed E-state index contributed by atoms with van der Waals surface area (Å²) in [5, 5.41) is 0. The van der Waals surface area contributed by atoms with E-state index in [1.54, 1.807) is 0 Å². The average molecular weight is 201 g/mol. The molecule has 2 N–H and O–H groups in total. The van der Waals surface area contributed by atoms with Crippen molar-refractivity contribution in [2.24, 2.45) is 17.6 Å². The van der Waals surface area contributed by atoms with Crippen molar-refractivity contribution in [3.8, 4) is 0 Å². The fourth-order valence-corrected chi connectivity index (χ4v) is 1.01. The Bertz CT molecular complexity index is 178. The Labute approximate surface area is 87.0 Å². The van der Waals surface area contributed by atoms with Gasteiger partial charge in [0, 0.05) is 0 Å². The van der Waals surface area contributed by atoms with E-state index in [-0.39, 0.29) is 12.1 Å². The van der Waals surface area contributed by atoms with Gasteiger partial charge in [0.15, 0.2) is 0 Å². The van der Waals surface area contributed by atoms with Crippen LogP contribution in [0.25, 0.3) is 0 Å². The van der Waals surface area contributed by atoms with Crippen LogP contribution in [0.2, 0.25) is 0 Å². The third kappa shape index (κ3) is 5.22. The molecule has 3 heteroatoms. The highest BCUT2D eigenvalue weighted by Crippen LogP contribution is 2.09. The Hall–Kier alpha value is -0.570. The molecule has 0 heterocycles. The van der Waals surface area contributed by atoms with E-state index in [0.717, 1.165) is 0 Å². The van der Waals surface area contributed by atoms with Gasteiger partial charge in [-0.15, -0.1) is 0 Å². The fraction of sp³-hybridized carbons (Fsp3) is 0.909. The van der Waals surface area contributed by atoms with Crippen molar-refractivity contribution >= 4 is 5.97 Å². The Morgan fingerprint density at radius 1 is 1.21 bits per heavy atom. The van der Waals surface area contributed by atoms with Crippen molar-refractivity contribution in [1.82, 2.24) is 0 Å². The average Bonchev–Trinajstić information content (AvgIpc) is 2.02. The van der Waals surface area contributed by atoms with Crippen molar-refractivity contribution in [3.63, 3.8) is 0 Å². The number of esters is 1. The van der Waals surface area contributed by atoms with Gasteiger partial charge in [-0.25, -0.2) is 0 Å². The predicted octanol–water partition coefficient (Wildman–Crippen LogP) is 1.95. The molecule has 0 saturated carbocycles. The number of nitrogens with two attached hydrogens (primary N) is 1. The van der Waals surface area contributed by atoms with Crippen LogP contribution >= 0.6 is 0 Å². The van der Waals surface area contributed by atoms with Crippen LogP contribution in [0.3, 0.4) is 0 Å². The Balaban J connectivity index is 3.95. The van der Waals surface area contributed by atoms with E-state index >= 15 is 0 Å². The van der Waals surface area contributed by atoms with Crippen LogP contribution < -0.4 is 5.73 Å². The van der Waals surface area contributed by atoms with E-state index < -0.39 is 6.04 Å². The van der Waals surface area contributed by atoms with Gasteiger partial charge in [0.1, 0.15) is 12.1 Å². The van der Waals surface area contributed by atoms with Crippen LogP contribution in [-0.2, 0) is 9.53 Å². The molecular formula is C11H23NO2. The minimum absolute atomic E-state index is 0.0549. The van der Waals surface area contributed by atoms with Crippen molar-refractivity contribution in [2.45, 2.75) is 53.2 Å². The third-order valence-electron chi connectivity index (χ3n) is 2.27. The molecule has 0 aromatic carbocycles. The van der Waals surface area contributed by atoms with Gasteiger partial charge in [0.2, 0.25) is 0 Å². The molecule has 2 atom stereocenters. The summed E-state index contributed by atoms with van der Waals surface area (Å²) >= 11 is 0. The molecule has 0 radical (unpaired) electrons. The van der Waals surface area contributed by atoms with Crippen LogP contribution in [0.1, 0.15) is 41.0 Å². The number of hydrogen-bond acceptors (Lipinski definition) is 3. The first-order valence-corrected chi connectivity index (χ1v) is 5.30. The molecule has 0 fully saturated rings. The molecule has 0 aliphatic heterocycles. The molecule has 0 aromatic heterocycles. The molecule has 0 bridgehead atoms. The topological polar surface area (TPSA) is 52.3 Å². The standard InChI is InChI=1S/C11H23NO2/c1-7(2)6-10(12)11(13)14-9(5)8(3)4/h7-10H,6,12H2,1-5H3/t9?,10-/m0/s1. The third-order valence-corrected chi connectivity index (χ3v) is 2.27. The number of carbonyl (C=O) groups is 1. The van der Waals surface area contributed by atoms with Crippen LogP contribution in [-0.4, -0.2) is 18.1 Å². The second-order valence-corrected chi connectivity index (χ2v) is 4.62. The minimum atomic E-state index is -0.476. The molecule has 0 spiro atoms. The SMILES string of the molecule is CC(C)C[C@H](N)C(=O)OC(C)C(C)C. The van der Waals surface area contributed by atoms with E-state index in [9.17, 15) is 4.79 Å². The van der Waals surface area contributed by atoms with Crippen LogP contribution in [0.4, 0.5) is 0 Å². The normalized spacial score (nSPS) is 15.7. The van der Waals surface area contributed by atoms with Gasteiger partial charge in [0.25, 0.3) is 0 Å². The van der Waals surface area contributed by atoms with Gasteiger partial charge in [-0.05, 0) is 25.2 Å². The van der Waals surface area contributed by atoms with Crippen LogP contribution in [0.15, 0.2) is 0 Å². The van der Waals surface area contributed by atoms with E-state index in [1.807, 2.05) is 34.6 Å². The molecule has 0 saturated heterocycles. The smallest absolute Gasteiger partial charge is 0.323 e. The summed E-state index contributed by atoms with van der Waals surface area (Å²) in [4.78, 5) is 11.4. The molecule has 0 aromatic rings. The van der Waals surface area contributed by atoms with Crippen molar-refractivity contribution in [3.05, 3.63) is 0 Å². The largest absolute Gasteiger partial charge is 0.461 e. The summed E-state index contributed by atoms with van der Waals surface area (Å²) in [6.45, 7) is 10.0. The molecular weight excluding hydrogens is 178 g/mol. The van der Waals surface area contributed by atoms with Crippen LogP contribution in [0, 0.1) is 11.8 Å². The van der Waals surface area contributed by atoms with Crippen molar-refractivity contribution < 1.29 is 9.53 Å². The lowest BCUT2D eigenvalue weighted by molar-refractivity contribution is -0.152. The van der Waals surface area contributed by atoms with Crippen molar-refractivity contribution in [1.29, 1.82) is 0 Å². The zero-order valence-electron chi connectivity index (χ0n) is 9.91. The van der Waals surface area contributed by atoms with Crippen molar-refractivity contribution in [2.75, 3.05) is 0 Å². The van der Waals surface area contributed by atoms with Gasteiger partial charge in [0.05, 0.1) is 0 Å². The summed E-state index contributed by atoms with van der Waals surface area (Å²) < 4.78 is 5.21. The van der Waals surface area contributed by atoms with Gasteiger partial charge in [-0.2, -0.15) is 0 Å². The highest BCUT2D eigenvalue weighted by molar-refractivity contribution is 5.75. The lowest BCUT2D eigenvalue weighted by atomic mass is 10.0. The molecule has 1 unspecified atom stereocenters. The maximum absolute atomic E-state index is 11.4. The van der Waals surface area contributed by atoms with Crippen LogP contribution in [0.5, 0.6) is 0 Å². The zero-order chi connectivity index (χ0) is 11.3. The molecule has 0 aliphatic carbocycles. The summed E-state index contributed by atoms with van der Waals surface area (Å²) in [7, 11) is 0. The molecule has 84 valence electrons. The lowest BCUT2D eigenvalue weighted by Gasteiger charge is -2.20. The first kappa shape index (κ1) is 13.4. The van der Waals surface area contributed by atoms with Gasteiger partial charge in [-0.3, -0.25) is 4.79 Å². The molecule has 14 heavy (non-hydrogen) atoms. The van der Waals surface area contributed by atoms with Gasteiger partial charge < -0.3 is 10.5 Å². The highest BCUT2D eigenvalue weighted by atomic mass is 16.5. The molecule has 0 aliphatic rings. The second kappa shape index (κ2) is 6.02. The quantitative estimate of drug-likeness (QED) is 0.692. The minimum Gasteiger partial charge on any atom is -0.461 e. The molecule has 0 amide bonds. The maximum Gasteiger partial charge on any atom is 0.323 e. The lowest BCUT2D eigenvalue weighted by Crippen LogP contribution is -2.36. The highest BCUT2D eigenvalue weighted by Gasteiger charge is 2.20. The number of ether oxygens (including phenoxy) is 1. The Morgan fingerprint density at radius 2 is 1.71 bits per heavy atom. The van der Waals surface area contributed by atoms with E-state index in [4.69, 9.17) is 10.5 Å². The second-order valence-electron chi connectivity index (χ2n) is 4.62. The first-order valence-electron chi connectivity index (χ1n) is 5.30. The first-order chi connectivity index (χ1) is 6.34. The summed E-state index contributed by atoms with van der Waals surface area (Å²) in [6, 6.07) is -0.476. The summed E-state index contributed by atoms with van der Waals surface area (Å²) in [5.41, 5.74) is 5.69. The Kier molecular flexibility index (Phi) is 5.77. The summed E-state index contributed by atoms with van der Waals surface area (Å²) in [5.74, 6) is 0.483. The predicted molar refractivity (Wildman–Crippen MR) is 57.8 cm³/mol. The number of rotatable bonds is 5. The maximum atomic E-state index is 11.4. The fourth-order valence-electron chi connectivity index (χ4n) is 1.01. The van der Waals surface area contributed by atoms with E-state index in [0.29, 0.717) is 18.3 Å².